The van der Waals surface area contributed by atoms with E-state index in [1.807, 2.05) is 38.7 Å². The molecule has 0 spiro atoms. The third kappa shape index (κ3) is 3.62. The Kier molecular flexibility index (Phi) is 4.34. The molecule has 116 valence electrons. The van der Waals surface area contributed by atoms with Crippen LogP contribution < -0.4 is 9.64 Å². The molecule has 1 aromatic heterocycles. The molecule has 0 aliphatic carbocycles. The number of aryl methyl sites for hydroxylation is 1. The number of nitrogens with zero attached hydrogens (tertiary/aromatic N) is 4. The van der Waals surface area contributed by atoms with Crippen molar-refractivity contribution in [2.75, 3.05) is 38.2 Å². The number of anilines is 1. The van der Waals surface area contributed by atoms with Crippen molar-refractivity contribution in [3.8, 4) is 5.88 Å². The maximum atomic E-state index is 12.3. The molecule has 6 heteroatoms. The van der Waals surface area contributed by atoms with Crippen molar-refractivity contribution >= 4 is 11.7 Å². The van der Waals surface area contributed by atoms with Gasteiger partial charge in [-0.25, -0.2) is 4.98 Å². The Morgan fingerprint density at radius 2 is 1.81 bits per heavy atom. The number of methoxy groups -OCH3 is 1. The Morgan fingerprint density at radius 3 is 2.33 bits per heavy atom. The zero-order valence-corrected chi connectivity index (χ0v) is 13.5. The Labute approximate surface area is 126 Å². The zero-order chi connectivity index (χ0) is 15.6. The molecule has 1 fully saturated rings. The maximum Gasteiger partial charge on any atom is 0.228 e. The Morgan fingerprint density at radius 1 is 1.19 bits per heavy atom. The van der Waals surface area contributed by atoms with E-state index in [1.165, 1.54) is 0 Å². The molecule has 0 saturated carbocycles. The first-order valence-corrected chi connectivity index (χ1v) is 7.25. The summed E-state index contributed by atoms with van der Waals surface area (Å²) in [4.78, 5) is 25.0. The van der Waals surface area contributed by atoms with Crippen LogP contribution in [0.2, 0.25) is 0 Å². The minimum absolute atomic E-state index is 0.207. The van der Waals surface area contributed by atoms with Crippen molar-refractivity contribution in [2.24, 2.45) is 5.41 Å². The van der Waals surface area contributed by atoms with Crippen LogP contribution >= 0.6 is 0 Å². The molecule has 0 unspecified atom stereocenters. The number of carbonyl (C=O) groups excluding carboxylic acids is 1. The van der Waals surface area contributed by atoms with Gasteiger partial charge >= 0.3 is 0 Å². The predicted molar refractivity (Wildman–Crippen MR) is 81.6 cm³/mol. The second kappa shape index (κ2) is 5.87. The molecule has 1 saturated heterocycles. The molecule has 0 aromatic carbocycles. The highest BCUT2D eigenvalue weighted by atomic mass is 16.5. The lowest BCUT2D eigenvalue weighted by atomic mass is 9.94. The Bertz CT molecular complexity index is 517. The van der Waals surface area contributed by atoms with Crippen molar-refractivity contribution in [1.29, 1.82) is 0 Å². The standard InChI is InChI=1S/C15H24N4O2/c1-11-16-12(10-13(17-11)21-5)18-6-8-19(9-7-18)14(20)15(2,3)4/h10H,6-9H2,1-5H3. The van der Waals surface area contributed by atoms with Crippen molar-refractivity contribution in [3.05, 3.63) is 11.9 Å². The molecule has 1 aromatic rings. The van der Waals surface area contributed by atoms with Gasteiger partial charge in [-0.2, -0.15) is 4.98 Å². The van der Waals surface area contributed by atoms with Crippen molar-refractivity contribution in [1.82, 2.24) is 14.9 Å². The molecule has 0 atom stereocenters. The SMILES string of the molecule is COc1cc(N2CCN(C(=O)C(C)(C)C)CC2)nc(C)n1. The summed E-state index contributed by atoms with van der Waals surface area (Å²) in [6, 6.07) is 1.84. The smallest absolute Gasteiger partial charge is 0.228 e. The van der Waals surface area contributed by atoms with Gasteiger partial charge in [-0.1, -0.05) is 20.8 Å². The van der Waals surface area contributed by atoms with Gasteiger partial charge in [0.1, 0.15) is 11.6 Å². The van der Waals surface area contributed by atoms with Gasteiger partial charge in [0, 0.05) is 37.7 Å². The Balaban J connectivity index is 2.04. The van der Waals surface area contributed by atoms with Gasteiger partial charge in [0.15, 0.2) is 0 Å². The van der Waals surface area contributed by atoms with E-state index in [4.69, 9.17) is 4.74 Å². The maximum absolute atomic E-state index is 12.3. The highest BCUT2D eigenvalue weighted by molar-refractivity contribution is 5.81. The van der Waals surface area contributed by atoms with Gasteiger partial charge in [-0.3, -0.25) is 4.79 Å². The van der Waals surface area contributed by atoms with Gasteiger partial charge in [0.25, 0.3) is 0 Å². The van der Waals surface area contributed by atoms with Crippen LogP contribution in [0.1, 0.15) is 26.6 Å². The summed E-state index contributed by atoms with van der Waals surface area (Å²) in [6.45, 7) is 10.7. The summed E-state index contributed by atoms with van der Waals surface area (Å²) in [6.07, 6.45) is 0. The van der Waals surface area contributed by atoms with E-state index >= 15 is 0 Å². The lowest BCUT2D eigenvalue weighted by Gasteiger charge is -2.38. The minimum Gasteiger partial charge on any atom is -0.481 e. The van der Waals surface area contributed by atoms with E-state index in [0.717, 1.165) is 32.0 Å². The van der Waals surface area contributed by atoms with Crippen LogP contribution in [0.25, 0.3) is 0 Å². The van der Waals surface area contributed by atoms with E-state index in [-0.39, 0.29) is 11.3 Å². The molecule has 2 heterocycles. The quantitative estimate of drug-likeness (QED) is 0.826. The molecule has 0 radical (unpaired) electrons. The molecule has 1 amide bonds. The largest absolute Gasteiger partial charge is 0.481 e. The van der Waals surface area contributed by atoms with Crippen LogP contribution in [0.4, 0.5) is 5.82 Å². The Hall–Kier alpha value is -1.85. The number of hydrogen-bond donors (Lipinski definition) is 0. The summed E-state index contributed by atoms with van der Waals surface area (Å²) in [5.41, 5.74) is -0.323. The first kappa shape index (κ1) is 15.5. The molecular weight excluding hydrogens is 268 g/mol. The summed E-state index contributed by atoms with van der Waals surface area (Å²) in [5.74, 6) is 2.34. The third-order valence-corrected chi connectivity index (χ3v) is 3.54. The summed E-state index contributed by atoms with van der Waals surface area (Å²) in [5, 5.41) is 0. The van der Waals surface area contributed by atoms with Crippen molar-refractivity contribution in [2.45, 2.75) is 27.7 Å². The number of piperazine rings is 1. The lowest BCUT2D eigenvalue weighted by molar-refractivity contribution is -0.139. The van der Waals surface area contributed by atoms with E-state index < -0.39 is 0 Å². The van der Waals surface area contributed by atoms with Crippen molar-refractivity contribution < 1.29 is 9.53 Å². The van der Waals surface area contributed by atoms with E-state index in [0.29, 0.717) is 11.7 Å². The monoisotopic (exact) mass is 292 g/mol. The molecular formula is C15H24N4O2. The van der Waals surface area contributed by atoms with Crippen LogP contribution in [-0.2, 0) is 4.79 Å². The number of hydrogen-bond acceptors (Lipinski definition) is 5. The molecule has 0 bridgehead atoms. The molecule has 1 aliphatic heterocycles. The highest BCUT2D eigenvalue weighted by Gasteiger charge is 2.30. The topological polar surface area (TPSA) is 58.6 Å². The van der Waals surface area contributed by atoms with Crippen LogP contribution in [0.3, 0.4) is 0 Å². The second-order valence-electron chi connectivity index (χ2n) is 6.34. The van der Waals surface area contributed by atoms with Gasteiger partial charge in [0.05, 0.1) is 7.11 Å². The lowest BCUT2D eigenvalue weighted by Crippen LogP contribution is -2.51. The van der Waals surface area contributed by atoms with Gasteiger partial charge in [-0.05, 0) is 6.92 Å². The fourth-order valence-electron chi connectivity index (χ4n) is 2.40. The molecule has 21 heavy (non-hydrogen) atoms. The summed E-state index contributed by atoms with van der Waals surface area (Å²) in [7, 11) is 1.60. The van der Waals surface area contributed by atoms with E-state index in [2.05, 4.69) is 14.9 Å². The first-order chi connectivity index (χ1) is 9.81. The van der Waals surface area contributed by atoms with Crippen LogP contribution in [0.15, 0.2) is 6.07 Å². The van der Waals surface area contributed by atoms with Crippen molar-refractivity contribution in [3.63, 3.8) is 0 Å². The average Bonchev–Trinajstić information content (AvgIpc) is 2.45. The molecule has 2 rings (SSSR count). The average molecular weight is 292 g/mol. The van der Waals surface area contributed by atoms with E-state index in [1.54, 1.807) is 7.11 Å². The highest BCUT2D eigenvalue weighted by Crippen LogP contribution is 2.22. The first-order valence-electron chi connectivity index (χ1n) is 7.25. The number of amides is 1. The van der Waals surface area contributed by atoms with Gasteiger partial charge in [-0.15, -0.1) is 0 Å². The van der Waals surface area contributed by atoms with E-state index in [9.17, 15) is 4.79 Å². The van der Waals surface area contributed by atoms with Gasteiger partial charge < -0.3 is 14.5 Å². The fourth-order valence-corrected chi connectivity index (χ4v) is 2.40. The normalized spacial score (nSPS) is 16.0. The van der Waals surface area contributed by atoms with Gasteiger partial charge in [0.2, 0.25) is 11.8 Å². The number of rotatable bonds is 2. The zero-order valence-electron chi connectivity index (χ0n) is 13.5. The minimum atomic E-state index is -0.323. The second-order valence-corrected chi connectivity index (χ2v) is 6.34. The predicted octanol–water partition coefficient (Wildman–Crippen LogP) is 1.49. The molecule has 0 N–H and O–H groups in total. The van der Waals surface area contributed by atoms with Crippen LogP contribution in [-0.4, -0.2) is 54.1 Å². The number of aromatic nitrogens is 2. The fraction of sp³-hybridized carbons (Fsp3) is 0.667. The molecule has 6 nitrogen and oxygen atoms in total. The van der Waals surface area contributed by atoms with Crippen LogP contribution in [0.5, 0.6) is 5.88 Å². The number of ether oxygens (including phenoxy) is 1. The van der Waals surface area contributed by atoms with Crippen LogP contribution in [0, 0.1) is 12.3 Å². The molecule has 1 aliphatic rings. The third-order valence-electron chi connectivity index (χ3n) is 3.54. The summed E-state index contributed by atoms with van der Waals surface area (Å²) >= 11 is 0. The number of carbonyl (C=O) groups is 1. The summed E-state index contributed by atoms with van der Waals surface area (Å²) < 4.78 is 5.19.